The first-order valence-electron chi connectivity index (χ1n) is 4.76. The third-order valence-corrected chi connectivity index (χ3v) is 2.42. The molecule has 2 aromatic rings. The zero-order chi connectivity index (χ0) is 11.7. The fraction of sp³-hybridized carbons (Fsp3) is 0.273. The van der Waals surface area contributed by atoms with Crippen LogP contribution in [0.25, 0.3) is 10.9 Å². The van der Waals surface area contributed by atoms with Crippen LogP contribution < -0.4 is 9.47 Å². The van der Waals surface area contributed by atoms with Crippen LogP contribution in [0.5, 0.6) is 11.5 Å². The Bertz CT molecular complexity index is 463. The Hall–Kier alpha value is -1.72. The number of hydrogen-bond acceptors (Lipinski definition) is 4. The molecule has 3 N–H and O–H groups in total. The minimum absolute atomic E-state index is 0.338. The van der Waals surface area contributed by atoms with E-state index in [1.165, 1.54) is 0 Å². The number of aromatic nitrogens is 1. The first kappa shape index (κ1) is 10.8. The van der Waals surface area contributed by atoms with Gasteiger partial charge in [0.1, 0.15) is 0 Å². The molecule has 0 amide bonds. The van der Waals surface area contributed by atoms with E-state index in [0.29, 0.717) is 17.2 Å². The maximum absolute atomic E-state index is 9.04. The Balaban J connectivity index is 2.60. The van der Waals surface area contributed by atoms with Gasteiger partial charge in [0.2, 0.25) is 0 Å². The molecule has 1 heterocycles. The molecule has 0 bridgehead atoms. The second-order valence-electron chi connectivity index (χ2n) is 3.39. The molecule has 0 fully saturated rings. The molecular weight excluding hydrogens is 210 g/mol. The Morgan fingerprint density at radius 1 is 1.06 bits per heavy atom. The normalized spacial score (nSPS) is 11.1. The lowest BCUT2D eigenvalue weighted by Crippen LogP contribution is -1.93. The average molecular weight is 223 g/mol. The van der Waals surface area contributed by atoms with Crippen LogP contribution in [-0.4, -0.2) is 29.4 Å². The zero-order valence-electron chi connectivity index (χ0n) is 9.02. The van der Waals surface area contributed by atoms with E-state index in [-0.39, 0.29) is 0 Å². The Morgan fingerprint density at radius 3 is 2.25 bits per heavy atom. The molecule has 2 rings (SSSR count). The van der Waals surface area contributed by atoms with Gasteiger partial charge < -0.3 is 24.7 Å². The van der Waals surface area contributed by atoms with Gasteiger partial charge in [-0.1, -0.05) is 0 Å². The van der Waals surface area contributed by atoms with Gasteiger partial charge in [-0.25, -0.2) is 0 Å². The van der Waals surface area contributed by atoms with Crippen molar-refractivity contribution in [1.82, 2.24) is 4.98 Å². The predicted octanol–water partition coefficient (Wildman–Crippen LogP) is 1.17. The number of fused-ring (bicyclic) bond motifs is 1. The van der Waals surface area contributed by atoms with Crippen LogP contribution in [0.4, 0.5) is 0 Å². The smallest absolute Gasteiger partial charge is 0.193 e. The fourth-order valence-electron chi connectivity index (χ4n) is 1.62. The molecule has 0 saturated carbocycles. The van der Waals surface area contributed by atoms with Crippen molar-refractivity contribution in [3.8, 4) is 11.5 Å². The van der Waals surface area contributed by atoms with Gasteiger partial charge in [0.05, 0.1) is 19.9 Å². The lowest BCUT2D eigenvalue weighted by atomic mass is 10.2. The Morgan fingerprint density at radius 2 is 1.69 bits per heavy atom. The van der Waals surface area contributed by atoms with Crippen molar-refractivity contribution >= 4 is 10.9 Å². The van der Waals surface area contributed by atoms with E-state index in [1.54, 1.807) is 32.4 Å². The lowest BCUT2D eigenvalue weighted by molar-refractivity contribution is -0.0453. The minimum atomic E-state index is -1.51. The van der Waals surface area contributed by atoms with Crippen molar-refractivity contribution in [2.24, 2.45) is 0 Å². The summed E-state index contributed by atoms with van der Waals surface area (Å²) in [5, 5.41) is 18.9. The number of aliphatic hydroxyl groups is 2. The third-order valence-electron chi connectivity index (χ3n) is 2.42. The number of hydrogen-bond donors (Lipinski definition) is 3. The quantitative estimate of drug-likeness (QED) is 0.683. The van der Waals surface area contributed by atoms with Crippen molar-refractivity contribution < 1.29 is 19.7 Å². The van der Waals surface area contributed by atoms with Crippen molar-refractivity contribution in [2.45, 2.75) is 6.29 Å². The van der Waals surface area contributed by atoms with Gasteiger partial charge in [0.25, 0.3) is 0 Å². The van der Waals surface area contributed by atoms with E-state index in [0.717, 1.165) is 10.9 Å². The second-order valence-corrected chi connectivity index (χ2v) is 3.39. The summed E-state index contributed by atoms with van der Waals surface area (Å²) in [6.07, 6.45) is -1.51. The average Bonchev–Trinajstić information content (AvgIpc) is 2.69. The monoisotopic (exact) mass is 223 g/mol. The zero-order valence-corrected chi connectivity index (χ0v) is 9.02. The summed E-state index contributed by atoms with van der Waals surface area (Å²) in [5.74, 6) is 1.20. The summed E-state index contributed by atoms with van der Waals surface area (Å²) in [6, 6.07) is 5.18. The van der Waals surface area contributed by atoms with Gasteiger partial charge in [-0.05, 0) is 12.1 Å². The summed E-state index contributed by atoms with van der Waals surface area (Å²) < 4.78 is 10.3. The van der Waals surface area contributed by atoms with E-state index in [1.807, 2.05) is 0 Å². The van der Waals surface area contributed by atoms with E-state index < -0.39 is 6.29 Å². The van der Waals surface area contributed by atoms with Crippen LogP contribution in [-0.2, 0) is 0 Å². The molecule has 16 heavy (non-hydrogen) atoms. The third kappa shape index (κ3) is 1.70. The molecule has 0 unspecified atom stereocenters. The number of aliphatic hydroxyl groups excluding tert-OH is 1. The van der Waals surface area contributed by atoms with Gasteiger partial charge in [-0.15, -0.1) is 0 Å². The van der Waals surface area contributed by atoms with Crippen LogP contribution in [0.1, 0.15) is 12.0 Å². The van der Waals surface area contributed by atoms with Gasteiger partial charge in [0.15, 0.2) is 17.8 Å². The second kappa shape index (κ2) is 4.03. The van der Waals surface area contributed by atoms with E-state index in [4.69, 9.17) is 19.7 Å². The minimum Gasteiger partial charge on any atom is -0.493 e. The summed E-state index contributed by atoms with van der Waals surface area (Å²) >= 11 is 0. The molecule has 0 saturated heterocycles. The highest BCUT2D eigenvalue weighted by Crippen LogP contribution is 2.32. The standard InChI is InChI=1S/C11H13NO4/c1-15-9-4-6-3-8(11(13)14)12-7(6)5-10(9)16-2/h3-5,11-14H,1-2H3. The predicted molar refractivity (Wildman–Crippen MR) is 58.6 cm³/mol. The van der Waals surface area contributed by atoms with Gasteiger partial charge in [-0.2, -0.15) is 0 Å². The van der Waals surface area contributed by atoms with E-state index >= 15 is 0 Å². The fourth-order valence-corrected chi connectivity index (χ4v) is 1.62. The molecule has 86 valence electrons. The summed E-state index contributed by atoms with van der Waals surface area (Å²) in [4.78, 5) is 2.89. The number of aromatic amines is 1. The molecule has 0 atom stereocenters. The number of H-pyrrole nitrogens is 1. The number of nitrogens with one attached hydrogen (secondary N) is 1. The van der Waals surface area contributed by atoms with Gasteiger partial charge in [-0.3, -0.25) is 0 Å². The molecule has 1 aromatic heterocycles. The lowest BCUT2D eigenvalue weighted by Gasteiger charge is -2.06. The van der Waals surface area contributed by atoms with Crippen molar-refractivity contribution in [3.05, 3.63) is 23.9 Å². The molecular formula is C11H13NO4. The van der Waals surface area contributed by atoms with Gasteiger partial charge >= 0.3 is 0 Å². The number of benzene rings is 1. The number of rotatable bonds is 3. The van der Waals surface area contributed by atoms with Crippen molar-refractivity contribution in [3.63, 3.8) is 0 Å². The largest absolute Gasteiger partial charge is 0.493 e. The van der Waals surface area contributed by atoms with Gasteiger partial charge in [0, 0.05) is 17.0 Å². The Kier molecular flexibility index (Phi) is 2.72. The highest BCUT2D eigenvalue weighted by Gasteiger charge is 2.11. The van der Waals surface area contributed by atoms with E-state index in [9.17, 15) is 0 Å². The molecule has 1 aromatic carbocycles. The van der Waals surface area contributed by atoms with Crippen LogP contribution in [0.15, 0.2) is 18.2 Å². The first-order chi connectivity index (χ1) is 7.65. The van der Waals surface area contributed by atoms with Crippen LogP contribution in [0, 0.1) is 0 Å². The summed E-state index contributed by atoms with van der Waals surface area (Å²) in [7, 11) is 3.10. The molecule has 0 radical (unpaired) electrons. The van der Waals surface area contributed by atoms with Crippen LogP contribution in [0.3, 0.4) is 0 Å². The Labute approximate surface area is 92.2 Å². The van der Waals surface area contributed by atoms with Crippen LogP contribution >= 0.6 is 0 Å². The maximum Gasteiger partial charge on any atom is 0.193 e. The summed E-state index contributed by atoms with van der Waals surface area (Å²) in [6.45, 7) is 0. The molecule has 0 aliphatic rings. The highest BCUT2D eigenvalue weighted by atomic mass is 16.5. The first-order valence-corrected chi connectivity index (χ1v) is 4.76. The van der Waals surface area contributed by atoms with Crippen molar-refractivity contribution in [2.75, 3.05) is 14.2 Å². The highest BCUT2D eigenvalue weighted by molar-refractivity contribution is 5.84. The van der Waals surface area contributed by atoms with E-state index in [2.05, 4.69) is 4.98 Å². The molecule has 5 nitrogen and oxygen atoms in total. The molecule has 0 aliphatic carbocycles. The molecule has 0 aliphatic heterocycles. The maximum atomic E-state index is 9.04. The van der Waals surface area contributed by atoms with Crippen molar-refractivity contribution in [1.29, 1.82) is 0 Å². The number of ether oxygens (including phenoxy) is 2. The summed E-state index contributed by atoms with van der Waals surface area (Å²) in [5.41, 5.74) is 1.10. The number of methoxy groups -OCH3 is 2. The SMILES string of the molecule is COc1cc2cc(C(O)O)[nH]c2cc1OC. The van der Waals surface area contributed by atoms with Crippen LogP contribution in [0.2, 0.25) is 0 Å². The molecule has 5 heteroatoms. The molecule has 0 spiro atoms. The topological polar surface area (TPSA) is 74.7 Å².